The summed E-state index contributed by atoms with van der Waals surface area (Å²) in [7, 11) is 0. The van der Waals surface area contributed by atoms with Crippen molar-refractivity contribution >= 4 is 29.5 Å². The van der Waals surface area contributed by atoms with E-state index in [0.717, 1.165) is 21.7 Å². The number of aromatic nitrogens is 2. The van der Waals surface area contributed by atoms with Crippen LogP contribution in [0.1, 0.15) is 23.6 Å². The number of carbonyl (C=O) groups is 2. The average Bonchev–Trinajstić information content (AvgIpc) is 3.35. The lowest BCUT2D eigenvalue weighted by molar-refractivity contribution is -0.141. The van der Waals surface area contributed by atoms with Crippen LogP contribution in [-0.2, 0) is 16.1 Å². The number of para-hydroxylation sites is 1. The summed E-state index contributed by atoms with van der Waals surface area (Å²) in [5.41, 5.74) is 5.35. The highest BCUT2D eigenvalue weighted by Crippen LogP contribution is 2.32. The second-order valence-electron chi connectivity index (χ2n) is 9.04. The molecule has 0 saturated carbocycles. The van der Waals surface area contributed by atoms with Crippen LogP contribution in [0.25, 0.3) is 23.0 Å². The maximum absolute atomic E-state index is 13.7. The van der Waals surface area contributed by atoms with E-state index in [1.54, 1.807) is 41.9 Å². The molecule has 0 saturated heterocycles. The lowest BCUT2D eigenvalue weighted by Crippen LogP contribution is -2.42. The van der Waals surface area contributed by atoms with E-state index in [1.807, 2.05) is 73.8 Å². The van der Waals surface area contributed by atoms with Gasteiger partial charge < -0.3 is 0 Å². The zero-order chi connectivity index (χ0) is 26.8. The predicted molar refractivity (Wildman–Crippen MR) is 147 cm³/mol. The second kappa shape index (κ2) is 10.3. The van der Waals surface area contributed by atoms with Crippen molar-refractivity contribution in [2.45, 2.75) is 20.4 Å². The Bertz CT molecular complexity index is 1660. The number of hydrogen-bond acceptors (Lipinski definition) is 4. The Hall–Kier alpha value is -4.73. The van der Waals surface area contributed by atoms with Crippen molar-refractivity contribution in [3.05, 3.63) is 123 Å². The molecule has 0 aliphatic carbocycles. The minimum absolute atomic E-state index is 0.0404. The molecule has 1 aliphatic rings. The Morgan fingerprint density at radius 1 is 0.921 bits per heavy atom. The van der Waals surface area contributed by atoms with Gasteiger partial charge in [0.15, 0.2) is 0 Å². The van der Waals surface area contributed by atoms with Crippen molar-refractivity contribution in [2.75, 3.05) is 0 Å². The molecule has 0 spiro atoms. The first-order valence-electron chi connectivity index (χ1n) is 12.0. The number of aryl methyl sites for hydroxylation is 1. The van der Waals surface area contributed by atoms with Crippen molar-refractivity contribution in [1.29, 1.82) is 5.26 Å². The zero-order valence-electron chi connectivity index (χ0n) is 20.9. The highest BCUT2D eigenvalue weighted by atomic mass is 35.5. The lowest BCUT2D eigenvalue weighted by Gasteiger charge is -2.27. The van der Waals surface area contributed by atoms with Gasteiger partial charge in [0, 0.05) is 27.9 Å². The van der Waals surface area contributed by atoms with E-state index < -0.39 is 11.8 Å². The molecule has 6 nitrogen and oxygen atoms in total. The van der Waals surface area contributed by atoms with Crippen LogP contribution in [0.5, 0.6) is 0 Å². The van der Waals surface area contributed by atoms with Crippen LogP contribution in [0, 0.1) is 18.3 Å². The summed E-state index contributed by atoms with van der Waals surface area (Å²) in [5, 5.41) is 15.1. The lowest BCUT2D eigenvalue weighted by atomic mass is 9.93. The van der Waals surface area contributed by atoms with Gasteiger partial charge in [-0.2, -0.15) is 10.4 Å². The third-order valence-corrected chi connectivity index (χ3v) is 6.87. The molecule has 2 amide bonds. The maximum atomic E-state index is 13.7. The highest BCUT2D eigenvalue weighted by molar-refractivity contribution is 6.31. The Labute approximate surface area is 225 Å². The molecular weight excluding hydrogens is 496 g/mol. The first-order valence-corrected chi connectivity index (χ1v) is 12.4. The van der Waals surface area contributed by atoms with Gasteiger partial charge in [0.25, 0.3) is 11.8 Å². The van der Waals surface area contributed by atoms with Crippen LogP contribution in [0.4, 0.5) is 0 Å². The first-order chi connectivity index (χ1) is 18.4. The molecule has 1 aliphatic heterocycles. The Morgan fingerprint density at radius 2 is 1.61 bits per heavy atom. The van der Waals surface area contributed by atoms with E-state index in [9.17, 15) is 14.9 Å². The monoisotopic (exact) mass is 518 g/mol. The molecule has 7 heteroatoms. The molecule has 2 heterocycles. The topological polar surface area (TPSA) is 79.0 Å². The largest absolute Gasteiger partial charge is 0.271 e. The Morgan fingerprint density at radius 3 is 2.29 bits per heavy atom. The van der Waals surface area contributed by atoms with Gasteiger partial charge in [0.1, 0.15) is 11.6 Å². The quantitative estimate of drug-likeness (QED) is 0.229. The first kappa shape index (κ1) is 24.9. The van der Waals surface area contributed by atoms with Crippen molar-refractivity contribution in [1.82, 2.24) is 14.7 Å². The SMILES string of the molecule is CC1=C(C#N)C(=O)N(Cc2ccccc2Cl)C(=O)/C1=C/c1cn(-c2ccccc2)nc1-c1ccc(C)cc1. The zero-order valence-corrected chi connectivity index (χ0v) is 21.6. The number of nitrogens with zero attached hydrogens (tertiary/aromatic N) is 4. The number of hydrogen-bond donors (Lipinski definition) is 0. The fraction of sp³-hybridized carbons (Fsp3) is 0.0968. The summed E-state index contributed by atoms with van der Waals surface area (Å²) in [6, 6.07) is 26.6. The Balaban J connectivity index is 1.65. The molecule has 0 unspecified atom stereocenters. The fourth-order valence-electron chi connectivity index (χ4n) is 4.37. The van der Waals surface area contributed by atoms with Crippen molar-refractivity contribution < 1.29 is 9.59 Å². The predicted octanol–water partition coefficient (Wildman–Crippen LogP) is 6.29. The normalized spacial score (nSPS) is 14.8. The van der Waals surface area contributed by atoms with E-state index in [1.165, 1.54) is 0 Å². The van der Waals surface area contributed by atoms with E-state index in [-0.39, 0.29) is 17.7 Å². The fourth-order valence-corrected chi connectivity index (χ4v) is 4.56. The standard InChI is InChI=1S/C31H23ClN4O2/c1-20-12-14-22(15-13-20)29-24(19-36(34-29)25-9-4-3-5-10-25)16-26-21(2)27(17-33)31(38)35(30(26)37)18-23-8-6-7-11-28(23)32/h3-16,19H,18H2,1-2H3/b26-16+. The van der Waals surface area contributed by atoms with Gasteiger partial charge in [0.05, 0.1) is 17.9 Å². The van der Waals surface area contributed by atoms with Crippen LogP contribution in [0.3, 0.4) is 0 Å². The summed E-state index contributed by atoms with van der Waals surface area (Å²) in [4.78, 5) is 27.9. The van der Waals surface area contributed by atoms with Gasteiger partial charge >= 0.3 is 0 Å². The van der Waals surface area contributed by atoms with Crippen LogP contribution in [0.15, 0.2) is 102 Å². The minimum atomic E-state index is -0.634. The molecule has 0 N–H and O–H groups in total. The van der Waals surface area contributed by atoms with Crippen molar-refractivity contribution in [3.8, 4) is 23.0 Å². The summed E-state index contributed by atoms with van der Waals surface area (Å²) in [6.45, 7) is 3.60. The van der Waals surface area contributed by atoms with Gasteiger partial charge in [-0.05, 0) is 49.3 Å². The number of nitriles is 1. The van der Waals surface area contributed by atoms with Crippen LogP contribution < -0.4 is 0 Å². The van der Waals surface area contributed by atoms with Crippen LogP contribution in [0.2, 0.25) is 5.02 Å². The van der Waals surface area contributed by atoms with Gasteiger partial charge in [-0.3, -0.25) is 14.5 Å². The van der Waals surface area contributed by atoms with Crippen LogP contribution >= 0.6 is 11.6 Å². The molecule has 38 heavy (non-hydrogen) atoms. The molecule has 3 aromatic carbocycles. The summed E-state index contributed by atoms with van der Waals surface area (Å²) < 4.78 is 1.76. The number of imide groups is 1. The molecule has 186 valence electrons. The maximum Gasteiger partial charge on any atom is 0.271 e. The average molecular weight is 519 g/mol. The third-order valence-electron chi connectivity index (χ3n) is 6.50. The smallest absolute Gasteiger partial charge is 0.269 e. The number of rotatable bonds is 5. The van der Waals surface area contributed by atoms with Crippen molar-refractivity contribution in [3.63, 3.8) is 0 Å². The molecule has 0 radical (unpaired) electrons. The second-order valence-corrected chi connectivity index (χ2v) is 9.44. The molecule has 0 atom stereocenters. The Kier molecular flexibility index (Phi) is 6.78. The van der Waals surface area contributed by atoms with E-state index in [0.29, 0.717) is 27.4 Å². The number of halogens is 1. The summed E-state index contributed by atoms with van der Waals surface area (Å²) in [6.07, 6.45) is 3.56. The number of amides is 2. The third kappa shape index (κ3) is 4.68. The van der Waals surface area contributed by atoms with Gasteiger partial charge in [-0.1, -0.05) is 77.8 Å². The number of carbonyl (C=O) groups excluding carboxylic acids is 2. The molecule has 4 aromatic rings. The van der Waals surface area contributed by atoms with Crippen molar-refractivity contribution in [2.24, 2.45) is 0 Å². The molecule has 0 fully saturated rings. The van der Waals surface area contributed by atoms with Crippen LogP contribution in [-0.4, -0.2) is 26.5 Å². The van der Waals surface area contributed by atoms with E-state index in [4.69, 9.17) is 16.7 Å². The summed E-state index contributed by atoms with van der Waals surface area (Å²) >= 11 is 6.31. The summed E-state index contributed by atoms with van der Waals surface area (Å²) in [5.74, 6) is -1.13. The van der Waals surface area contributed by atoms with Gasteiger partial charge in [0.2, 0.25) is 0 Å². The molecular formula is C31H23ClN4O2. The van der Waals surface area contributed by atoms with Gasteiger partial charge in [-0.25, -0.2) is 4.68 Å². The highest BCUT2D eigenvalue weighted by Gasteiger charge is 2.36. The molecule has 0 bridgehead atoms. The van der Waals surface area contributed by atoms with E-state index >= 15 is 0 Å². The molecule has 1 aromatic heterocycles. The number of benzene rings is 3. The van der Waals surface area contributed by atoms with Gasteiger partial charge in [-0.15, -0.1) is 0 Å². The minimum Gasteiger partial charge on any atom is -0.269 e. The molecule has 5 rings (SSSR count). The van der Waals surface area contributed by atoms with E-state index in [2.05, 4.69) is 0 Å².